The summed E-state index contributed by atoms with van der Waals surface area (Å²) in [5.41, 5.74) is 7.08. The molecule has 6 rings (SSSR count). The minimum Gasteiger partial charge on any atom is -0.440 e. The number of nitrogens with zero attached hydrogens (tertiary/aromatic N) is 2. The van der Waals surface area contributed by atoms with E-state index in [2.05, 4.69) is 60.7 Å². The van der Waals surface area contributed by atoms with E-state index in [1.807, 2.05) is 18.2 Å². The van der Waals surface area contributed by atoms with Gasteiger partial charge in [0.05, 0.1) is 5.69 Å². The maximum Gasteiger partial charge on any atom is 0.198 e. The molecular weight excluding hydrogens is 452 g/mol. The minimum absolute atomic E-state index is 0.434. The van der Waals surface area contributed by atoms with Gasteiger partial charge in [-0.15, -0.1) is 0 Å². The van der Waals surface area contributed by atoms with Crippen LogP contribution in [-0.2, 0) is 0 Å². The molecule has 37 heavy (non-hydrogen) atoms. The molecule has 0 radical (unpaired) electrons. The molecule has 3 aromatic rings. The van der Waals surface area contributed by atoms with E-state index in [0.29, 0.717) is 17.8 Å². The van der Waals surface area contributed by atoms with E-state index in [4.69, 9.17) is 14.4 Å². The number of fused-ring (bicyclic) bond motifs is 1. The first kappa shape index (κ1) is 24.2. The predicted octanol–water partition coefficient (Wildman–Crippen LogP) is 9.56. The molecule has 2 fully saturated rings. The van der Waals surface area contributed by atoms with Gasteiger partial charge in [0.15, 0.2) is 11.5 Å². The Balaban J connectivity index is 1.24. The highest BCUT2D eigenvalue weighted by Gasteiger charge is 2.25. The Bertz CT molecular complexity index is 1290. The van der Waals surface area contributed by atoms with Gasteiger partial charge in [0.2, 0.25) is 0 Å². The van der Waals surface area contributed by atoms with Crippen molar-refractivity contribution in [2.45, 2.75) is 88.4 Å². The van der Waals surface area contributed by atoms with Gasteiger partial charge in [-0.3, -0.25) is 4.98 Å². The van der Waals surface area contributed by atoms with E-state index in [9.17, 15) is 0 Å². The molecule has 0 spiro atoms. The van der Waals surface area contributed by atoms with Crippen molar-refractivity contribution in [1.29, 1.82) is 0 Å². The Morgan fingerprint density at radius 3 is 2.22 bits per heavy atom. The molecule has 1 aromatic carbocycles. The van der Waals surface area contributed by atoms with Crippen LogP contribution in [-0.4, -0.2) is 9.97 Å². The van der Waals surface area contributed by atoms with E-state index >= 15 is 0 Å². The Morgan fingerprint density at radius 1 is 0.649 bits per heavy atom. The van der Waals surface area contributed by atoms with E-state index in [-0.39, 0.29) is 0 Å². The SMILES string of the molecule is C1=C\C=C/C(c2cc(C3CCCC(c4nc5ccccc5o4)CCC3)cc(C3CCCCC3)n2)=C\C=C/1. The Morgan fingerprint density at radius 2 is 1.38 bits per heavy atom. The summed E-state index contributed by atoms with van der Waals surface area (Å²) in [5.74, 6) is 2.58. The summed E-state index contributed by atoms with van der Waals surface area (Å²) in [6.45, 7) is 0. The van der Waals surface area contributed by atoms with Crippen LogP contribution in [0.2, 0.25) is 0 Å². The Labute approximate surface area is 221 Å². The van der Waals surface area contributed by atoms with Crippen LogP contribution in [0.15, 0.2) is 83.3 Å². The summed E-state index contributed by atoms with van der Waals surface area (Å²) in [6.07, 6.45) is 28.7. The third kappa shape index (κ3) is 5.71. The highest BCUT2D eigenvalue weighted by Crippen LogP contribution is 2.40. The molecule has 2 heterocycles. The lowest BCUT2D eigenvalue weighted by atomic mass is 9.80. The monoisotopic (exact) mass is 490 g/mol. The van der Waals surface area contributed by atoms with E-state index in [0.717, 1.165) is 35.5 Å². The van der Waals surface area contributed by atoms with Crippen molar-refractivity contribution in [3.8, 4) is 0 Å². The summed E-state index contributed by atoms with van der Waals surface area (Å²) in [7, 11) is 0. The van der Waals surface area contributed by atoms with Crippen LogP contribution in [0.3, 0.4) is 0 Å². The molecule has 2 aromatic heterocycles. The molecule has 3 aliphatic carbocycles. The molecule has 0 amide bonds. The first-order valence-corrected chi connectivity index (χ1v) is 14.4. The lowest BCUT2D eigenvalue weighted by Crippen LogP contribution is -2.12. The number of aromatic nitrogens is 2. The third-order valence-electron chi connectivity index (χ3n) is 8.52. The number of rotatable bonds is 4. The zero-order valence-corrected chi connectivity index (χ0v) is 21.8. The van der Waals surface area contributed by atoms with Crippen molar-refractivity contribution in [2.24, 2.45) is 0 Å². The van der Waals surface area contributed by atoms with Gasteiger partial charge >= 0.3 is 0 Å². The summed E-state index contributed by atoms with van der Waals surface area (Å²) < 4.78 is 6.16. The van der Waals surface area contributed by atoms with Crippen LogP contribution >= 0.6 is 0 Å². The topological polar surface area (TPSA) is 38.9 Å². The number of benzene rings is 1. The van der Waals surface area contributed by atoms with Crippen LogP contribution in [0.1, 0.15) is 111 Å². The summed E-state index contributed by atoms with van der Waals surface area (Å²) in [5, 5.41) is 0. The second-order valence-electron chi connectivity index (χ2n) is 11.1. The molecule has 0 N–H and O–H groups in total. The minimum atomic E-state index is 0.434. The molecule has 2 saturated carbocycles. The first-order valence-electron chi connectivity index (χ1n) is 14.4. The molecule has 3 nitrogen and oxygen atoms in total. The molecule has 3 aliphatic rings. The first-order chi connectivity index (χ1) is 18.3. The molecule has 3 heteroatoms. The largest absolute Gasteiger partial charge is 0.440 e. The van der Waals surface area contributed by atoms with Crippen LogP contribution in [0.4, 0.5) is 0 Å². The summed E-state index contributed by atoms with van der Waals surface area (Å²) >= 11 is 0. The van der Waals surface area contributed by atoms with Gasteiger partial charge < -0.3 is 4.42 Å². The molecule has 0 saturated heterocycles. The van der Waals surface area contributed by atoms with Crippen molar-refractivity contribution in [3.63, 3.8) is 0 Å². The van der Waals surface area contributed by atoms with Crippen molar-refractivity contribution in [2.75, 3.05) is 0 Å². The highest BCUT2D eigenvalue weighted by atomic mass is 16.3. The van der Waals surface area contributed by atoms with Crippen LogP contribution < -0.4 is 0 Å². The molecule has 190 valence electrons. The standard InChI is InChI=1S/C34H38N2O/c1-2-5-13-26(14-6-3-1)31-23-29(24-32(35-31)27-15-7-4-8-16-27)25-17-11-19-28(20-12-18-25)34-36-30-21-9-10-22-33(30)37-34/h1-3,5-6,9-10,13-14,21-25,27-28H,4,7-8,11-12,15-20H2/b2-1-,3-1?,5-2?,6-3-,13-5-,14-6?,26-13?,26-14+. The normalized spacial score (nSPS) is 27.3. The van der Waals surface area contributed by atoms with Gasteiger partial charge in [0.25, 0.3) is 0 Å². The maximum absolute atomic E-state index is 6.16. The average molecular weight is 491 g/mol. The van der Waals surface area contributed by atoms with Crippen LogP contribution in [0.25, 0.3) is 16.7 Å². The fourth-order valence-corrected chi connectivity index (χ4v) is 6.46. The second kappa shape index (κ2) is 11.5. The molecule has 0 bridgehead atoms. The Kier molecular flexibility index (Phi) is 7.48. The van der Waals surface area contributed by atoms with Gasteiger partial charge in [-0.2, -0.15) is 0 Å². The number of hydrogen-bond donors (Lipinski definition) is 0. The summed E-state index contributed by atoms with van der Waals surface area (Å²) in [6, 6.07) is 13.0. The van der Waals surface area contributed by atoms with Crippen molar-refractivity contribution >= 4 is 16.7 Å². The van der Waals surface area contributed by atoms with Gasteiger partial charge in [-0.25, -0.2) is 4.98 Å². The fraction of sp³-hybridized carbons (Fsp3) is 0.412. The van der Waals surface area contributed by atoms with Crippen molar-refractivity contribution in [1.82, 2.24) is 9.97 Å². The second-order valence-corrected chi connectivity index (χ2v) is 11.1. The van der Waals surface area contributed by atoms with Gasteiger partial charge in [0, 0.05) is 23.1 Å². The lowest BCUT2D eigenvalue weighted by Gasteiger charge is -2.26. The van der Waals surface area contributed by atoms with E-state index < -0.39 is 0 Å². The quantitative estimate of drug-likeness (QED) is 0.365. The fourth-order valence-electron chi connectivity index (χ4n) is 6.46. The van der Waals surface area contributed by atoms with Gasteiger partial charge in [-0.05, 0) is 74.3 Å². The maximum atomic E-state index is 6.16. The smallest absolute Gasteiger partial charge is 0.198 e. The lowest BCUT2D eigenvalue weighted by molar-refractivity contribution is 0.369. The van der Waals surface area contributed by atoms with Crippen molar-refractivity contribution in [3.05, 3.63) is 102 Å². The highest BCUT2D eigenvalue weighted by molar-refractivity contribution is 5.74. The Hall–Kier alpha value is -3.20. The zero-order valence-electron chi connectivity index (χ0n) is 21.8. The number of hydrogen-bond acceptors (Lipinski definition) is 3. The number of para-hydroxylation sites is 2. The van der Waals surface area contributed by atoms with Gasteiger partial charge in [0.1, 0.15) is 5.52 Å². The van der Waals surface area contributed by atoms with Gasteiger partial charge in [-0.1, -0.05) is 86.8 Å². The predicted molar refractivity (Wildman–Crippen MR) is 153 cm³/mol. The van der Waals surface area contributed by atoms with Crippen LogP contribution in [0, 0.1) is 0 Å². The zero-order chi connectivity index (χ0) is 24.9. The third-order valence-corrected chi connectivity index (χ3v) is 8.52. The van der Waals surface area contributed by atoms with Crippen molar-refractivity contribution < 1.29 is 4.42 Å². The van der Waals surface area contributed by atoms with Crippen LogP contribution in [0.5, 0.6) is 0 Å². The summed E-state index contributed by atoms with van der Waals surface area (Å²) in [4.78, 5) is 10.1. The number of pyridine rings is 1. The molecule has 0 aliphatic heterocycles. The number of oxazole rings is 1. The number of allylic oxidation sites excluding steroid dienone is 8. The van der Waals surface area contributed by atoms with E-state index in [1.54, 1.807) is 0 Å². The molecule has 0 unspecified atom stereocenters. The average Bonchev–Trinajstić information content (AvgIpc) is 3.33. The molecular formula is C34H38N2O. The molecule has 0 atom stereocenters. The van der Waals surface area contributed by atoms with E-state index in [1.165, 1.54) is 74.6 Å².